The first-order chi connectivity index (χ1) is 14.0. The predicted octanol–water partition coefficient (Wildman–Crippen LogP) is 0.826. The van der Waals surface area contributed by atoms with Crippen molar-refractivity contribution in [3.05, 3.63) is 39.6 Å². The van der Waals surface area contributed by atoms with Gasteiger partial charge in [-0.25, -0.2) is 9.59 Å². The number of esters is 2. The molecule has 1 saturated heterocycles. The Morgan fingerprint density at radius 2 is 1.79 bits per heavy atom. The topological polar surface area (TPSA) is 121 Å². The first-order valence-corrected chi connectivity index (χ1v) is 8.84. The van der Waals surface area contributed by atoms with Crippen LogP contribution in [0.25, 0.3) is 0 Å². The number of nitro groups is 1. The Balaban J connectivity index is 2.06. The van der Waals surface area contributed by atoms with E-state index in [1.54, 1.807) is 12.1 Å². The smallest absolute Gasteiger partial charge is 0.355 e. The molecule has 2 heterocycles. The van der Waals surface area contributed by atoms with Crippen molar-refractivity contribution in [3.8, 4) is 0 Å². The zero-order valence-corrected chi connectivity index (χ0v) is 16.1. The van der Waals surface area contributed by atoms with E-state index in [1.165, 1.54) is 25.2 Å². The highest BCUT2D eigenvalue weighted by molar-refractivity contribution is 6.03. The maximum atomic E-state index is 12.4. The maximum absolute atomic E-state index is 12.4. The van der Waals surface area contributed by atoms with Gasteiger partial charge in [-0.05, 0) is 12.1 Å². The van der Waals surface area contributed by atoms with Gasteiger partial charge in [0, 0.05) is 19.2 Å². The molecule has 11 heteroatoms. The summed E-state index contributed by atoms with van der Waals surface area (Å²) in [7, 11) is 2.37. The fourth-order valence-corrected chi connectivity index (χ4v) is 3.24. The van der Waals surface area contributed by atoms with Crippen LogP contribution < -0.4 is 9.80 Å². The van der Waals surface area contributed by atoms with E-state index in [9.17, 15) is 19.7 Å². The number of methoxy groups -OCH3 is 2. The Hall–Kier alpha value is -3.18. The van der Waals surface area contributed by atoms with Crippen LogP contribution in [-0.4, -0.2) is 70.7 Å². The first-order valence-electron chi connectivity index (χ1n) is 8.84. The van der Waals surface area contributed by atoms with Gasteiger partial charge in [0.2, 0.25) is 0 Å². The van der Waals surface area contributed by atoms with Gasteiger partial charge in [-0.1, -0.05) is 0 Å². The summed E-state index contributed by atoms with van der Waals surface area (Å²) >= 11 is 0. The fraction of sp³-hybridized carbons (Fsp3) is 0.444. The lowest BCUT2D eigenvalue weighted by Gasteiger charge is -2.32. The largest absolute Gasteiger partial charge is 0.466 e. The molecular weight excluding hydrogens is 386 g/mol. The van der Waals surface area contributed by atoms with Crippen molar-refractivity contribution in [2.24, 2.45) is 0 Å². The number of hydrogen-bond acceptors (Lipinski definition) is 10. The summed E-state index contributed by atoms with van der Waals surface area (Å²) in [5, 5.41) is 11.7. The highest BCUT2D eigenvalue weighted by Crippen LogP contribution is 2.35. The standard InChI is InChI=1S/C18H21N3O8/c1-26-17(22)13-10-29-11-20(16(13)18(23)27-2)12-3-4-14(15(9-12)21(24)25)19-5-7-28-8-6-19/h3-4,9H,5-8,10-11H2,1-2H3. The molecule has 0 aromatic heterocycles. The summed E-state index contributed by atoms with van der Waals surface area (Å²) in [4.78, 5) is 38.9. The van der Waals surface area contributed by atoms with Gasteiger partial charge < -0.3 is 28.7 Å². The van der Waals surface area contributed by atoms with E-state index in [4.69, 9.17) is 18.9 Å². The number of nitrogens with zero attached hydrogens (tertiary/aromatic N) is 3. The maximum Gasteiger partial charge on any atom is 0.355 e. The summed E-state index contributed by atoms with van der Waals surface area (Å²) in [6, 6.07) is 4.59. The molecule has 3 rings (SSSR count). The van der Waals surface area contributed by atoms with Crippen molar-refractivity contribution in [3.63, 3.8) is 0 Å². The summed E-state index contributed by atoms with van der Waals surface area (Å²) in [6.45, 7) is 1.81. The van der Waals surface area contributed by atoms with Gasteiger partial charge in [0.25, 0.3) is 5.69 Å². The van der Waals surface area contributed by atoms with Gasteiger partial charge in [-0.2, -0.15) is 0 Å². The van der Waals surface area contributed by atoms with Crippen molar-refractivity contribution in [1.29, 1.82) is 0 Å². The van der Waals surface area contributed by atoms with Gasteiger partial charge in [0.15, 0.2) is 0 Å². The summed E-state index contributed by atoms with van der Waals surface area (Å²) in [5.74, 6) is -1.51. The first kappa shape index (κ1) is 20.6. The van der Waals surface area contributed by atoms with Crippen molar-refractivity contribution >= 4 is 29.0 Å². The van der Waals surface area contributed by atoms with Crippen molar-refractivity contribution in [2.45, 2.75) is 0 Å². The summed E-state index contributed by atoms with van der Waals surface area (Å²) in [5.41, 5.74) is 0.551. The van der Waals surface area contributed by atoms with Crippen LogP contribution in [0.1, 0.15) is 0 Å². The van der Waals surface area contributed by atoms with Crippen LogP contribution in [0.3, 0.4) is 0 Å². The second-order valence-electron chi connectivity index (χ2n) is 6.25. The minimum atomic E-state index is -0.770. The fourth-order valence-electron chi connectivity index (χ4n) is 3.24. The van der Waals surface area contributed by atoms with E-state index in [0.29, 0.717) is 37.7 Å². The number of carbonyl (C=O) groups excluding carboxylic acids is 2. The second kappa shape index (κ2) is 8.88. The lowest BCUT2D eigenvalue weighted by atomic mass is 10.1. The average molecular weight is 407 g/mol. The number of carbonyl (C=O) groups is 2. The molecule has 1 fully saturated rings. The molecule has 156 valence electrons. The molecule has 0 unspecified atom stereocenters. The van der Waals surface area contributed by atoms with Crippen LogP contribution in [0.4, 0.5) is 17.1 Å². The highest BCUT2D eigenvalue weighted by Gasteiger charge is 2.33. The second-order valence-corrected chi connectivity index (χ2v) is 6.25. The quantitative estimate of drug-likeness (QED) is 0.394. The lowest BCUT2D eigenvalue weighted by Crippen LogP contribution is -2.39. The molecule has 0 saturated carbocycles. The third-order valence-corrected chi connectivity index (χ3v) is 4.65. The average Bonchev–Trinajstić information content (AvgIpc) is 2.77. The zero-order valence-electron chi connectivity index (χ0n) is 16.1. The van der Waals surface area contributed by atoms with Crippen LogP contribution in [0, 0.1) is 10.1 Å². The Labute approximate surface area is 166 Å². The number of morpholine rings is 1. The Morgan fingerprint density at radius 1 is 1.10 bits per heavy atom. The zero-order chi connectivity index (χ0) is 21.0. The number of hydrogen-bond donors (Lipinski definition) is 0. The Morgan fingerprint density at radius 3 is 2.41 bits per heavy atom. The van der Waals surface area contributed by atoms with Gasteiger partial charge in [0.05, 0.1) is 50.2 Å². The van der Waals surface area contributed by atoms with Crippen LogP contribution in [-0.2, 0) is 28.5 Å². The van der Waals surface area contributed by atoms with Crippen LogP contribution >= 0.6 is 0 Å². The Kier molecular flexibility index (Phi) is 6.29. The Bertz CT molecular complexity index is 848. The molecule has 1 aromatic carbocycles. The molecule has 2 aliphatic heterocycles. The van der Waals surface area contributed by atoms with E-state index in [0.717, 1.165) is 0 Å². The monoisotopic (exact) mass is 407 g/mol. The van der Waals surface area contributed by atoms with Crippen LogP contribution in [0.5, 0.6) is 0 Å². The highest BCUT2D eigenvalue weighted by atomic mass is 16.6. The van der Waals surface area contributed by atoms with Gasteiger partial charge in [0.1, 0.15) is 18.1 Å². The number of anilines is 2. The summed E-state index contributed by atoms with van der Waals surface area (Å²) in [6.07, 6.45) is 0. The number of ether oxygens (including phenoxy) is 4. The third-order valence-electron chi connectivity index (χ3n) is 4.65. The number of nitro benzene ring substituents is 1. The van der Waals surface area contributed by atoms with Gasteiger partial charge in [-0.3, -0.25) is 10.1 Å². The van der Waals surface area contributed by atoms with E-state index in [2.05, 4.69) is 0 Å². The van der Waals surface area contributed by atoms with E-state index in [-0.39, 0.29) is 30.3 Å². The van der Waals surface area contributed by atoms with E-state index in [1.807, 2.05) is 4.90 Å². The van der Waals surface area contributed by atoms with Crippen molar-refractivity contribution < 1.29 is 33.5 Å². The molecule has 29 heavy (non-hydrogen) atoms. The molecule has 0 spiro atoms. The number of benzene rings is 1. The molecule has 2 aliphatic rings. The minimum absolute atomic E-state index is 0.0227. The van der Waals surface area contributed by atoms with Gasteiger partial charge >= 0.3 is 11.9 Å². The molecule has 0 atom stereocenters. The van der Waals surface area contributed by atoms with Crippen LogP contribution in [0.15, 0.2) is 29.5 Å². The molecule has 0 amide bonds. The molecular formula is C18H21N3O8. The van der Waals surface area contributed by atoms with E-state index >= 15 is 0 Å². The molecule has 0 aliphatic carbocycles. The predicted molar refractivity (Wildman–Crippen MR) is 100 cm³/mol. The molecule has 0 N–H and O–H groups in total. The molecule has 1 aromatic rings. The molecule has 11 nitrogen and oxygen atoms in total. The molecule has 0 bridgehead atoms. The molecule has 0 radical (unpaired) electrons. The summed E-state index contributed by atoms with van der Waals surface area (Å²) < 4.78 is 20.2. The number of rotatable bonds is 5. The van der Waals surface area contributed by atoms with Gasteiger partial charge in [-0.15, -0.1) is 0 Å². The minimum Gasteiger partial charge on any atom is -0.466 e. The lowest BCUT2D eigenvalue weighted by molar-refractivity contribution is -0.384. The van der Waals surface area contributed by atoms with Crippen LogP contribution in [0.2, 0.25) is 0 Å². The van der Waals surface area contributed by atoms with Crippen molar-refractivity contribution in [2.75, 3.05) is 63.7 Å². The normalized spacial score (nSPS) is 17.2. The van der Waals surface area contributed by atoms with E-state index < -0.39 is 16.9 Å². The van der Waals surface area contributed by atoms with Crippen molar-refractivity contribution in [1.82, 2.24) is 0 Å². The SMILES string of the molecule is COC(=O)C1=C(C(=O)OC)N(c2ccc(N3CCOCC3)c([N+](=O)[O-])c2)COC1. The third kappa shape index (κ3) is 4.15.